The minimum absolute atomic E-state index is 0.238. The van der Waals surface area contributed by atoms with E-state index in [1.165, 1.54) is 25.7 Å². The summed E-state index contributed by atoms with van der Waals surface area (Å²) in [7, 11) is 0. The van der Waals surface area contributed by atoms with Crippen LogP contribution in [0, 0.1) is 0 Å². The predicted octanol–water partition coefficient (Wildman–Crippen LogP) is 3.49. The highest BCUT2D eigenvalue weighted by Crippen LogP contribution is 2.12. The van der Waals surface area contributed by atoms with E-state index in [2.05, 4.69) is 13.8 Å². The lowest BCUT2D eigenvalue weighted by molar-refractivity contribution is 0.0352. The van der Waals surface area contributed by atoms with Crippen molar-refractivity contribution in [2.45, 2.75) is 77.9 Å². The van der Waals surface area contributed by atoms with Crippen LogP contribution in [0.25, 0.3) is 0 Å². The molecule has 0 aromatic heterocycles. The van der Waals surface area contributed by atoms with Gasteiger partial charge in [-0.3, -0.25) is 0 Å². The molecule has 2 unspecified atom stereocenters. The van der Waals surface area contributed by atoms with Gasteiger partial charge in [0.15, 0.2) is 0 Å². The zero-order valence-corrected chi connectivity index (χ0v) is 10.8. The smallest absolute Gasteiger partial charge is 0.0725 e. The van der Waals surface area contributed by atoms with Gasteiger partial charge in [-0.05, 0) is 19.8 Å². The highest BCUT2D eigenvalue weighted by molar-refractivity contribution is 4.73. The second-order valence-corrected chi connectivity index (χ2v) is 4.30. The minimum Gasteiger partial charge on any atom is -0.377 e. The summed E-state index contributed by atoms with van der Waals surface area (Å²) in [5.41, 5.74) is 6.15. The zero-order chi connectivity index (χ0) is 11.5. The molecule has 2 nitrogen and oxygen atoms in total. The lowest BCUT2D eigenvalue weighted by Crippen LogP contribution is -2.36. The summed E-state index contributed by atoms with van der Waals surface area (Å²) in [4.78, 5) is 0. The van der Waals surface area contributed by atoms with Crippen LogP contribution >= 0.6 is 0 Å². The van der Waals surface area contributed by atoms with Crippen LogP contribution in [0.2, 0.25) is 0 Å². The van der Waals surface area contributed by atoms with E-state index in [1.54, 1.807) is 0 Å². The first kappa shape index (κ1) is 14.9. The minimum atomic E-state index is 0.238. The van der Waals surface area contributed by atoms with Crippen LogP contribution in [-0.4, -0.2) is 18.8 Å². The summed E-state index contributed by atoms with van der Waals surface area (Å²) in [5, 5.41) is 0. The molecule has 0 fully saturated rings. The molecular formula is C13H29NO. The number of rotatable bonds is 10. The third kappa shape index (κ3) is 7.80. The Morgan fingerprint density at radius 3 is 2.20 bits per heavy atom. The van der Waals surface area contributed by atoms with E-state index in [0.29, 0.717) is 0 Å². The van der Waals surface area contributed by atoms with Gasteiger partial charge >= 0.3 is 0 Å². The first-order valence-electron chi connectivity index (χ1n) is 6.63. The van der Waals surface area contributed by atoms with Crippen molar-refractivity contribution in [3.8, 4) is 0 Å². The number of nitrogens with two attached hydrogens (primary N) is 1. The van der Waals surface area contributed by atoms with E-state index < -0.39 is 0 Å². The third-order valence-corrected chi connectivity index (χ3v) is 2.82. The molecule has 0 saturated carbocycles. The van der Waals surface area contributed by atoms with Gasteiger partial charge in [-0.2, -0.15) is 0 Å². The lowest BCUT2D eigenvalue weighted by Gasteiger charge is -2.23. The largest absolute Gasteiger partial charge is 0.377 e. The summed E-state index contributed by atoms with van der Waals surface area (Å²) in [6.07, 6.45) is 8.85. The molecule has 2 N–H and O–H groups in total. The van der Waals surface area contributed by atoms with Crippen molar-refractivity contribution < 1.29 is 4.74 Å². The Morgan fingerprint density at radius 2 is 1.67 bits per heavy atom. The van der Waals surface area contributed by atoms with Gasteiger partial charge in [-0.25, -0.2) is 0 Å². The fraction of sp³-hybridized carbons (Fsp3) is 1.00. The SMILES string of the molecule is CCCCCCC(N)C(CCC)OCC. The van der Waals surface area contributed by atoms with Gasteiger partial charge in [0.1, 0.15) is 0 Å². The van der Waals surface area contributed by atoms with E-state index in [-0.39, 0.29) is 12.1 Å². The summed E-state index contributed by atoms with van der Waals surface area (Å²) >= 11 is 0. The molecular weight excluding hydrogens is 186 g/mol. The maximum atomic E-state index is 6.15. The summed E-state index contributed by atoms with van der Waals surface area (Å²) in [6.45, 7) is 7.26. The van der Waals surface area contributed by atoms with E-state index >= 15 is 0 Å². The number of ether oxygens (including phenoxy) is 1. The lowest BCUT2D eigenvalue weighted by atomic mass is 10.0. The molecule has 0 saturated heterocycles. The van der Waals surface area contributed by atoms with Gasteiger partial charge in [-0.15, -0.1) is 0 Å². The molecule has 0 aliphatic rings. The highest BCUT2D eigenvalue weighted by atomic mass is 16.5. The Morgan fingerprint density at radius 1 is 0.933 bits per heavy atom. The molecule has 0 spiro atoms. The van der Waals surface area contributed by atoms with Gasteiger partial charge in [0.25, 0.3) is 0 Å². The van der Waals surface area contributed by atoms with Crippen LogP contribution in [-0.2, 0) is 4.74 Å². The van der Waals surface area contributed by atoms with Crippen LogP contribution < -0.4 is 5.73 Å². The number of hydrogen-bond donors (Lipinski definition) is 1. The third-order valence-electron chi connectivity index (χ3n) is 2.82. The Hall–Kier alpha value is -0.0800. The van der Waals surface area contributed by atoms with Crippen molar-refractivity contribution >= 4 is 0 Å². The Bertz CT molecular complexity index is 122. The molecule has 0 aliphatic heterocycles. The van der Waals surface area contributed by atoms with E-state index in [9.17, 15) is 0 Å². The zero-order valence-electron chi connectivity index (χ0n) is 10.8. The quantitative estimate of drug-likeness (QED) is 0.566. The van der Waals surface area contributed by atoms with Crippen molar-refractivity contribution in [3.63, 3.8) is 0 Å². The topological polar surface area (TPSA) is 35.2 Å². The fourth-order valence-electron chi connectivity index (χ4n) is 1.91. The normalized spacial score (nSPS) is 15.2. The average Bonchev–Trinajstić information content (AvgIpc) is 2.24. The summed E-state index contributed by atoms with van der Waals surface area (Å²) in [6, 6.07) is 0.238. The van der Waals surface area contributed by atoms with Crippen molar-refractivity contribution in [2.75, 3.05) is 6.61 Å². The van der Waals surface area contributed by atoms with E-state index in [0.717, 1.165) is 25.9 Å². The molecule has 0 rings (SSSR count). The molecule has 0 heterocycles. The van der Waals surface area contributed by atoms with E-state index in [4.69, 9.17) is 10.5 Å². The molecule has 0 aromatic rings. The molecule has 2 atom stereocenters. The molecule has 2 heteroatoms. The van der Waals surface area contributed by atoms with Gasteiger partial charge < -0.3 is 10.5 Å². The van der Waals surface area contributed by atoms with Crippen molar-refractivity contribution in [2.24, 2.45) is 5.73 Å². The Labute approximate surface area is 95.6 Å². The molecule has 0 aromatic carbocycles. The molecule has 0 aliphatic carbocycles. The maximum Gasteiger partial charge on any atom is 0.0725 e. The molecule has 0 bridgehead atoms. The monoisotopic (exact) mass is 215 g/mol. The van der Waals surface area contributed by atoms with Crippen molar-refractivity contribution in [3.05, 3.63) is 0 Å². The van der Waals surface area contributed by atoms with Gasteiger partial charge in [0, 0.05) is 12.6 Å². The highest BCUT2D eigenvalue weighted by Gasteiger charge is 2.16. The summed E-state index contributed by atoms with van der Waals surface area (Å²) in [5.74, 6) is 0. The van der Waals surface area contributed by atoms with Crippen LogP contribution in [0.4, 0.5) is 0 Å². The van der Waals surface area contributed by atoms with Crippen molar-refractivity contribution in [1.82, 2.24) is 0 Å². The summed E-state index contributed by atoms with van der Waals surface area (Å²) < 4.78 is 5.68. The second-order valence-electron chi connectivity index (χ2n) is 4.30. The second kappa shape index (κ2) is 10.4. The van der Waals surface area contributed by atoms with Crippen LogP contribution in [0.1, 0.15) is 65.7 Å². The Balaban J connectivity index is 3.65. The maximum absolute atomic E-state index is 6.15. The fourth-order valence-corrected chi connectivity index (χ4v) is 1.91. The van der Waals surface area contributed by atoms with Gasteiger partial charge in [-0.1, -0.05) is 46.0 Å². The van der Waals surface area contributed by atoms with Crippen LogP contribution in [0.15, 0.2) is 0 Å². The van der Waals surface area contributed by atoms with Gasteiger partial charge in [0.05, 0.1) is 6.10 Å². The molecule has 0 radical (unpaired) electrons. The predicted molar refractivity (Wildman–Crippen MR) is 67.1 cm³/mol. The van der Waals surface area contributed by atoms with Crippen LogP contribution in [0.3, 0.4) is 0 Å². The Kier molecular flexibility index (Phi) is 10.4. The number of unbranched alkanes of at least 4 members (excludes halogenated alkanes) is 3. The molecule has 92 valence electrons. The van der Waals surface area contributed by atoms with Crippen LogP contribution in [0.5, 0.6) is 0 Å². The van der Waals surface area contributed by atoms with Gasteiger partial charge in [0.2, 0.25) is 0 Å². The first-order valence-corrected chi connectivity index (χ1v) is 6.63. The molecule has 15 heavy (non-hydrogen) atoms. The van der Waals surface area contributed by atoms with Crippen molar-refractivity contribution in [1.29, 1.82) is 0 Å². The first-order chi connectivity index (χ1) is 7.26. The standard InChI is InChI=1S/C13H29NO/c1-4-7-8-9-11-12(14)13(10-5-2)15-6-3/h12-13H,4-11,14H2,1-3H3. The van der Waals surface area contributed by atoms with E-state index in [1.807, 2.05) is 6.92 Å². The average molecular weight is 215 g/mol. The molecule has 0 amide bonds. The number of hydrogen-bond acceptors (Lipinski definition) is 2.